The number of nitrogens with zero attached hydrogens (tertiary/aromatic N) is 9. The molecule has 0 unspecified atom stereocenters. The molecule has 0 bridgehead atoms. The molecule has 4 aromatic heterocycles. The van der Waals surface area contributed by atoms with Crippen molar-refractivity contribution >= 4 is 27.9 Å². The third-order valence-corrected chi connectivity index (χ3v) is 4.00. The molecule has 0 aliphatic rings. The van der Waals surface area contributed by atoms with Crippen molar-refractivity contribution in [2.24, 2.45) is 14.1 Å². The molecule has 0 aromatic carbocycles. The maximum absolute atomic E-state index is 4.68. The van der Waals surface area contributed by atoms with Crippen molar-refractivity contribution in [1.29, 1.82) is 0 Å². The summed E-state index contributed by atoms with van der Waals surface area (Å²) >= 11 is 0. The number of rotatable bonds is 3. The maximum atomic E-state index is 4.68. The topological polar surface area (TPSA) is 90.4 Å². The third kappa shape index (κ3) is 2.40. The Bertz CT molecular complexity index is 1020. The van der Waals surface area contributed by atoms with Crippen LogP contribution in [0.15, 0.2) is 31.2 Å². The number of aromatic nitrogens is 8. The fraction of sp³-hybridized carbons (Fsp3) is 0.250. The van der Waals surface area contributed by atoms with Gasteiger partial charge in [-0.3, -0.25) is 0 Å². The normalized spacial score (nSPS) is 11.2. The minimum atomic E-state index is 0.649. The Morgan fingerprint density at radius 3 is 1.76 bits per heavy atom. The fourth-order valence-corrected chi connectivity index (χ4v) is 2.81. The average molecular weight is 335 g/mol. The highest BCUT2D eigenvalue weighted by atomic mass is 15.2. The van der Waals surface area contributed by atoms with Crippen LogP contribution in [0.3, 0.4) is 0 Å². The summed E-state index contributed by atoms with van der Waals surface area (Å²) in [6.45, 7) is 0. The van der Waals surface area contributed by atoms with E-state index in [1.807, 2.05) is 48.4 Å². The van der Waals surface area contributed by atoms with Gasteiger partial charge in [-0.2, -0.15) is 0 Å². The summed E-state index contributed by atoms with van der Waals surface area (Å²) in [7, 11) is 7.82. The number of imidazole rings is 2. The smallest absolute Gasteiger partial charge is 0.181 e. The first-order chi connectivity index (χ1) is 12.1. The van der Waals surface area contributed by atoms with Crippen LogP contribution in [-0.4, -0.2) is 58.0 Å². The Morgan fingerprint density at radius 1 is 0.880 bits per heavy atom. The molecule has 4 heterocycles. The van der Waals surface area contributed by atoms with E-state index in [0.717, 1.165) is 28.3 Å². The quantitative estimate of drug-likeness (QED) is 0.551. The first-order valence-electron chi connectivity index (χ1n) is 7.70. The van der Waals surface area contributed by atoms with Gasteiger partial charge in [0.1, 0.15) is 35.3 Å². The number of fused-ring (bicyclic) bond motifs is 2. The van der Waals surface area contributed by atoms with Gasteiger partial charge in [0.2, 0.25) is 0 Å². The Hall–Kier alpha value is -3.36. The van der Waals surface area contributed by atoms with Gasteiger partial charge in [-0.25, -0.2) is 29.9 Å². The zero-order chi connectivity index (χ0) is 17.6. The standard InChI is InChI=1S/C16H17N9/c1-23(2)7-10(15-21-13-11(24(15)3)5-17-8-19-13)16-22-14-12(25(16)4)6-18-9-20-14/h5-9H,1-4H3. The summed E-state index contributed by atoms with van der Waals surface area (Å²) in [4.78, 5) is 28.0. The first kappa shape index (κ1) is 15.2. The van der Waals surface area contributed by atoms with E-state index in [1.165, 1.54) is 12.7 Å². The summed E-state index contributed by atoms with van der Waals surface area (Å²) in [6, 6.07) is 0. The van der Waals surface area contributed by atoms with Gasteiger partial charge in [-0.1, -0.05) is 0 Å². The lowest BCUT2D eigenvalue weighted by Crippen LogP contribution is -2.09. The van der Waals surface area contributed by atoms with E-state index >= 15 is 0 Å². The Morgan fingerprint density at radius 2 is 1.36 bits per heavy atom. The van der Waals surface area contributed by atoms with Crippen molar-refractivity contribution in [1.82, 2.24) is 43.9 Å². The summed E-state index contributed by atoms with van der Waals surface area (Å²) in [5.74, 6) is 1.52. The van der Waals surface area contributed by atoms with Gasteiger partial charge >= 0.3 is 0 Å². The van der Waals surface area contributed by atoms with Crippen molar-refractivity contribution in [3.63, 3.8) is 0 Å². The van der Waals surface area contributed by atoms with Crippen molar-refractivity contribution < 1.29 is 0 Å². The molecule has 0 saturated carbocycles. The van der Waals surface area contributed by atoms with E-state index in [4.69, 9.17) is 0 Å². The lowest BCUT2D eigenvalue weighted by molar-refractivity contribution is 0.564. The molecule has 0 amide bonds. The molecule has 0 atom stereocenters. The van der Waals surface area contributed by atoms with E-state index in [-0.39, 0.29) is 0 Å². The molecular weight excluding hydrogens is 318 g/mol. The van der Waals surface area contributed by atoms with Crippen LogP contribution in [0, 0.1) is 0 Å². The van der Waals surface area contributed by atoms with Crippen LogP contribution in [0.1, 0.15) is 11.6 Å². The molecule has 9 heteroatoms. The van der Waals surface area contributed by atoms with Gasteiger partial charge in [0.25, 0.3) is 0 Å². The molecule has 0 fully saturated rings. The molecule has 0 spiro atoms. The van der Waals surface area contributed by atoms with Crippen LogP contribution in [-0.2, 0) is 14.1 Å². The van der Waals surface area contributed by atoms with Crippen molar-refractivity contribution in [3.05, 3.63) is 42.9 Å². The Balaban J connectivity index is 2.00. The number of hydrogen-bond acceptors (Lipinski definition) is 7. The van der Waals surface area contributed by atoms with Crippen LogP contribution in [0.5, 0.6) is 0 Å². The van der Waals surface area contributed by atoms with Gasteiger partial charge in [0.05, 0.1) is 18.0 Å². The van der Waals surface area contributed by atoms with Gasteiger partial charge in [-0.05, 0) is 0 Å². The van der Waals surface area contributed by atoms with Crippen molar-refractivity contribution in [3.8, 4) is 0 Å². The maximum Gasteiger partial charge on any atom is 0.181 e. The minimum Gasteiger partial charge on any atom is -0.383 e. The molecule has 4 rings (SSSR count). The second kappa shape index (κ2) is 5.62. The second-order valence-corrected chi connectivity index (χ2v) is 5.96. The zero-order valence-corrected chi connectivity index (χ0v) is 14.4. The zero-order valence-electron chi connectivity index (χ0n) is 14.4. The van der Waals surface area contributed by atoms with Crippen LogP contribution in [0.25, 0.3) is 27.9 Å². The molecule has 0 N–H and O–H groups in total. The predicted molar refractivity (Wildman–Crippen MR) is 93.4 cm³/mol. The molecule has 0 radical (unpaired) electrons. The van der Waals surface area contributed by atoms with Gasteiger partial charge in [0, 0.05) is 34.4 Å². The van der Waals surface area contributed by atoms with Crippen molar-refractivity contribution in [2.45, 2.75) is 0 Å². The highest BCUT2D eigenvalue weighted by Crippen LogP contribution is 2.26. The van der Waals surface area contributed by atoms with Crippen LogP contribution < -0.4 is 0 Å². The van der Waals surface area contributed by atoms with Crippen LogP contribution >= 0.6 is 0 Å². The fourth-order valence-electron chi connectivity index (χ4n) is 2.81. The molecule has 0 saturated heterocycles. The summed E-state index contributed by atoms with van der Waals surface area (Å²) < 4.78 is 3.94. The van der Waals surface area contributed by atoms with Crippen LogP contribution in [0.4, 0.5) is 0 Å². The molecule has 0 aliphatic heterocycles. The van der Waals surface area contributed by atoms with E-state index < -0.39 is 0 Å². The SMILES string of the molecule is CN(C)C=C(c1nc2ncncc2n1C)c1nc2ncncc2n1C. The monoisotopic (exact) mass is 335 g/mol. The third-order valence-electron chi connectivity index (χ3n) is 4.00. The average Bonchev–Trinajstić information content (AvgIpc) is 3.11. The number of aryl methyl sites for hydroxylation is 2. The molecule has 126 valence electrons. The number of hydrogen-bond donors (Lipinski definition) is 0. The molecule has 25 heavy (non-hydrogen) atoms. The minimum absolute atomic E-state index is 0.649. The molecule has 0 aliphatic carbocycles. The summed E-state index contributed by atoms with van der Waals surface area (Å²) in [6.07, 6.45) is 8.50. The Labute approximate surface area is 143 Å². The molecular formula is C16H17N9. The lowest BCUT2D eigenvalue weighted by Gasteiger charge is -2.12. The van der Waals surface area contributed by atoms with Gasteiger partial charge in [-0.15, -0.1) is 0 Å². The van der Waals surface area contributed by atoms with Crippen molar-refractivity contribution in [2.75, 3.05) is 14.1 Å². The van der Waals surface area contributed by atoms with E-state index in [2.05, 4.69) is 29.9 Å². The van der Waals surface area contributed by atoms with E-state index in [9.17, 15) is 0 Å². The van der Waals surface area contributed by atoms with E-state index in [1.54, 1.807) is 12.4 Å². The highest BCUT2D eigenvalue weighted by Gasteiger charge is 2.20. The van der Waals surface area contributed by atoms with Gasteiger partial charge < -0.3 is 14.0 Å². The highest BCUT2D eigenvalue weighted by molar-refractivity contribution is 5.83. The van der Waals surface area contributed by atoms with E-state index in [0.29, 0.717) is 11.3 Å². The summed E-state index contributed by atoms with van der Waals surface area (Å²) in [5.41, 5.74) is 3.89. The predicted octanol–water partition coefficient (Wildman–Crippen LogP) is 0.991. The largest absolute Gasteiger partial charge is 0.383 e. The van der Waals surface area contributed by atoms with Gasteiger partial charge in [0.15, 0.2) is 11.3 Å². The second-order valence-electron chi connectivity index (χ2n) is 5.96. The molecule has 4 aromatic rings. The first-order valence-corrected chi connectivity index (χ1v) is 7.70. The lowest BCUT2D eigenvalue weighted by atomic mass is 10.2. The summed E-state index contributed by atoms with van der Waals surface area (Å²) in [5, 5.41) is 0. The molecule has 9 nitrogen and oxygen atoms in total. The van der Waals surface area contributed by atoms with Crippen LogP contribution in [0.2, 0.25) is 0 Å². The Kier molecular flexibility index (Phi) is 3.41.